The summed E-state index contributed by atoms with van der Waals surface area (Å²) in [5.41, 5.74) is 2.37. The number of hydrogen-bond donors (Lipinski definition) is 0. The fourth-order valence-corrected chi connectivity index (χ4v) is 3.26. The number of carbonyl (C=O) groups excluding carboxylic acids is 1. The minimum atomic E-state index is 0.238. The molecule has 2 aromatic rings. The monoisotopic (exact) mass is 353 g/mol. The highest BCUT2D eigenvalue weighted by Gasteiger charge is 2.22. The van der Waals surface area contributed by atoms with Gasteiger partial charge in [-0.2, -0.15) is 0 Å². The highest BCUT2D eigenvalue weighted by atomic mass is 16.5. The molecule has 3 rings (SSSR count). The van der Waals surface area contributed by atoms with Crippen molar-refractivity contribution in [3.63, 3.8) is 0 Å². The van der Waals surface area contributed by atoms with Gasteiger partial charge in [-0.3, -0.25) is 4.79 Å². The molecule has 1 aliphatic heterocycles. The summed E-state index contributed by atoms with van der Waals surface area (Å²) in [7, 11) is 1.66. The molecule has 1 amide bonds. The number of methoxy groups -OCH3 is 1. The molecule has 2 aromatic carbocycles. The van der Waals surface area contributed by atoms with E-state index in [1.807, 2.05) is 47.4 Å². The van der Waals surface area contributed by atoms with Crippen LogP contribution < -0.4 is 4.74 Å². The summed E-state index contributed by atoms with van der Waals surface area (Å²) in [4.78, 5) is 14.4. The molecule has 4 nitrogen and oxygen atoms in total. The second kappa shape index (κ2) is 9.39. The van der Waals surface area contributed by atoms with Crippen LogP contribution in [0.1, 0.15) is 30.4 Å². The van der Waals surface area contributed by atoms with E-state index in [0.717, 1.165) is 38.1 Å². The fourth-order valence-electron chi connectivity index (χ4n) is 3.26. The van der Waals surface area contributed by atoms with Gasteiger partial charge in [-0.15, -0.1) is 0 Å². The zero-order valence-corrected chi connectivity index (χ0v) is 15.4. The molecule has 0 N–H and O–H groups in total. The SMILES string of the molecule is COc1ccc(CCC(=O)N2CCC(OCc3ccccc3)CC2)cc1. The second-order valence-corrected chi connectivity index (χ2v) is 6.72. The third kappa shape index (κ3) is 5.33. The quantitative estimate of drug-likeness (QED) is 0.759. The molecule has 1 fully saturated rings. The van der Waals surface area contributed by atoms with Gasteiger partial charge in [-0.1, -0.05) is 42.5 Å². The largest absolute Gasteiger partial charge is 0.497 e. The maximum atomic E-state index is 12.4. The lowest BCUT2D eigenvalue weighted by molar-refractivity contribution is -0.134. The smallest absolute Gasteiger partial charge is 0.222 e. The summed E-state index contributed by atoms with van der Waals surface area (Å²) >= 11 is 0. The summed E-state index contributed by atoms with van der Waals surface area (Å²) in [5.74, 6) is 1.08. The van der Waals surface area contributed by atoms with Crippen molar-refractivity contribution in [1.29, 1.82) is 0 Å². The van der Waals surface area contributed by atoms with Crippen molar-refractivity contribution in [2.24, 2.45) is 0 Å². The molecule has 0 unspecified atom stereocenters. The van der Waals surface area contributed by atoms with Crippen LogP contribution in [0.4, 0.5) is 0 Å². The lowest BCUT2D eigenvalue weighted by atomic mass is 10.1. The lowest BCUT2D eigenvalue weighted by Crippen LogP contribution is -2.40. The van der Waals surface area contributed by atoms with Crippen molar-refractivity contribution in [3.05, 3.63) is 65.7 Å². The zero-order valence-electron chi connectivity index (χ0n) is 15.4. The Morgan fingerprint density at radius 1 is 1.00 bits per heavy atom. The lowest BCUT2D eigenvalue weighted by Gasteiger charge is -2.32. The molecule has 0 aliphatic carbocycles. The number of aryl methyl sites for hydroxylation is 1. The molecule has 0 atom stereocenters. The Morgan fingerprint density at radius 2 is 1.69 bits per heavy atom. The zero-order chi connectivity index (χ0) is 18.2. The average Bonchev–Trinajstić information content (AvgIpc) is 2.72. The van der Waals surface area contributed by atoms with E-state index in [1.54, 1.807) is 7.11 Å². The van der Waals surface area contributed by atoms with Crippen LogP contribution in [0.15, 0.2) is 54.6 Å². The number of rotatable bonds is 7. The standard InChI is InChI=1S/C22H27NO3/c1-25-20-10-7-18(8-11-20)9-12-22(24)23-15-13-21(14-16-23)26-17-19-5-3-2-4-6-19/h2-8,10-11,21H,9,12-17H2,1H3. The normalized spacial score (nSPS) is 15.0. The molecule has 0 radical (unpaired) electrons. The first-order chi connectivity index (χ1) is 12.7. The van der Waals surface area contributed by atoms with E-state index in [2.05, 4.69) is 12.1 Å². The summed E-state index contributed by atoms with van der Waals surface area (Å²) in [5, 5.41) is 0. The Morgan fingerprint density at radius 3 is 2.35 bits per heavy atom. The van der Waals surface area contributed by atoms with Crippen molar-refractivity contribution in [3.8, 4) is 5.75 Å². The van der Waals surface area contributed by atoms with Gasteiger partial charge in [0.05, 0.1) is 19.8 Å². The van der Waals surface area contributed by atoms with Gasteiger partial charge >= 0.3 is 0 Å². The van der Waals surface area contributed by atoms with Gasteiger partial charge in [0.15, 0.2) is 0 Å². The number of piperidine rings is 1. The third-order valence-electron chi connectivity index (χ3n) is 4.91. The van der Waals surface area contributed by atoms with Gasteiger partial charge in [0.1, 0.15) is 5.75 Å². The second-order valence-electron chi connectivity index (χ2n) is 6.72. The summed E-state index contributed by atoms with van der Waals surface area (Å²) in [6, 6.07) is 18.2. The number of carbonyl (C=O) groups is 1. The molecular formula is C22H27NO3. The summed E-state index contributed by atoms with van der Waals surface area (Å²) in [6.45, 7) is 2.23. The first kappa shape index (κ1) is 18.5. The Labute approximate surface area is 155 Å². The Balaban J connectivity index is 1.37. The van der Waals surface area contributed by atoms with Crippen LogP contribution in [0.3, 0.4) is 0 Å². The molecule has 0 saturated carbocycles. The van der Waals surface area contributed by atoms with Gasteiger partial charge in [-0.05, 0) is 42.5 Å². The van der Waals surface area contributed by atoms with Crippen LogP contribution in [0.2, 0.25) is 0 Å². The van der Waals surface area contributed by atoms with Crippen LogP contribution in [-0.4, -0.2) is 37.1 Å². The third-order valence-corrected chi connectivity index (χ3v) is 4.91. The van der Waals surface area contributed by atoms with Crippen molar-refractivity contribution in [2.75, 3.05) is 20.2 Å². The first-order valence-electron chi connectivity index (χ1n) is 9.31. The molecule has 1 aliphatic rings. The number of nitrogens with zero attached hydrogens (tertiary/aromatic N) is 1. The predicted molar refractivity (Wildman–Crippen MR) is 102 cm³/mol. The average molecular weight is 353 g/mol. The van der Waals surface area contributed by atoms with Crippen LogP contribution in [0, 0.1) is 0 Å². The molecule has 1 heterocycles. The van der Waals surface area contributed by atoms with E-state index >= 15 is 0 Å². The van der Waals surface area contributed by atoms with Gasteiger partial charge < -0.3 is 14.4 Å². The topological polar surface area (TPSA) is 38.8 Å². The van der Waals surface area contributed by atoms with E-state index in [0.29, 0.717) is 13.0 Å². The summed E-state index contributed by atoms with van der Waals surface area (Å²) in [6.07, 6.45) is 3.41. The molecule has 138 valence electrons. The Bertz CT molecular complexity index is 676. The number of likely N-dealkylation sites (tertiary alicyclic amines) is 1. The van der Waals surface area contributed by atoms with Crippen LogP contribution in [0.25, 0.3) is 0 Å². The molecular weight excluding hydrogens is 326 g/mol. The van der Waals surface area contributed by atoms with E-state index in [1.165, 1.54) is 11.1 Å². The van der Waals surface area contributed by atoms with Crippen molar-refractivity contribution < 1.29 is 14.3 Å². The maximum absolute atomic E-state index is 12.4. The highest BCUT2D eigenvalue weighted by Crippen LogP contribution is 2.18. The number of hydrogen-bond acceptors (Lipinski definition) is 3. The van der Waals surface area contributed by atoms with Crippen molar-refractivity contribution in [1.82, 2.24) is 4.90 Å². The number of amides is 1. The summed E-state index contributed by atoms with van der Waals surface area (Å²) < 4.78 is 11.2. The van der Waals surface area contributed by atoms with Crippen molar-refractivity contribution >= 4 is 5.91 Å². The minimum absolute atomic E-state index is 0.238. The Hall–Kier alpha value is -2.33. The molecule has 0 aromatic heterocycles. The Kier molecular flexibility index (Phi) is 6.67. The van der Waals surface area contributed by atoms with Crippen molar-refractivity contribution in [2.45, 2.75) is 38.4 Å². The van der Waals surface area contributed by atoms with Crippen LogP contribution >= 0.6 is 0 Å². The number of benzene rings is 2. The first-order valence-corrected chi connectivity index (χ1v) is 9.31. The van der Waals surface area contributed by atoms with Gasteiger partial charge in [-0.25, -0.2) is 0 Å². The van der Waals surface area contributed by atoms with E-state index in [9.17, 15) is 4.79 Å². The predicted octanol–water partition coefficient (Wildman–Crippen LogP) is 3.84. The molecule has 1 saturated heterocycles. The maximum Gasteiger partial charge on any atom is 0.222 e. The fraction of sp³-hybridized carbons (Fsp3) is 0.409. The van der Waals surface area contributed by atoms with Crippen LogP contribution in [-0.2, 0) is 22.6 Å². The van der Waals surface area contributed by atoms with Gasteiger partial charge in [0, 0.05) is 19.5 Å². The highest BCUT2D eigenvalue weighted by molar-refractivity contribution is 5.76. The molecule has 0 bridgehead atoms. The molecule has 4 heteroatoms. The molecule has 26 heavy (non-hydrogen) atoms. The van der Waals surface area contributed by atoms with E-state index in [4.69, 9.17) is 9.47 Å². The van der Waals surface area contributed by atoms with Gasteiger partial charge in [0.2, 0.25) is 5.91 Å². The van der Waals surface area contributed by atoms with Gasteiger partial charge in [0.25, 0.3) is 0 Å². The van der Waals surface area contributed by atoms with E-state index < -0.39 is 0 Å². The molecule has 0 spiro atoms. The van der Waals surface area contributed by atoms with E-state index in [-0.39, 0.29) is 12.0 Å². The number of ether oxygens (including phenoxy) is 2. The van der Waals surface area contributed by atoms with Crippen LogP contribution in [0.5, 0.6) is 5.75 Å². The minimum Gasteiger partial charge on any atom is -0.497 e.